The number of hydrogen-bond acceptors (Lipinski definition) is 2. The van der Waals surface area contributed by atoms with Crippen molar-refractivity contribution in [3.8, 4) is 5.75 Å². The monoisotopic (exact) mass is 435 g/mol. The lowest BCUT2D eigenvalue weighted by Gasteiger charge is -2.17. The smallest absolute Gasteiger partial charge is 0.422 e. The summed E-state index contributed by atoms with van der Waals surface area (Å²) in [7, 11) is 0. The van der Waals surface area contributed by atoms with Gasteiger partial charge >= 0.3 is 6.18 Å². The molecule has 0 aromatic heterocycles. The Hall–Kier alpha value is -1.13. The molecule has 2 rings (SSSR count). The van der Waals surface area contributed by atoms with Crippen LogP contribution in [0.3, 0.4) is 0 Å². The standard InChI is InChI=1S/C13H11F5INO2/c14-12(15)3-4-20(6-12)11(21)8-1-2-10(9(19)5-8)22-7-13(16,17)18/h1-2,5H,3-4,6-7H2. The third-order valence-corrected chi connectivity index (χ3v) is 3.87. The molecule has 1 saturated heterocycles. The van der Waals surface area contributed by atoms with E-state index >= 15 is 0 Å². The van der Waals surface area contributed by atoms with Crippen LogP contribution in [-0.2, 0) is 0 Å². The highest BCUT2D eigenvalue weighted by atomic mass is 127. The second-order valence-electron chi connectivity index (χ2n) is 4.88. The number of alkyl halides is 5. The van der Waals surface area contributed by atoms with Crippen molar-refractivity contribution in [2.75, 3.05) is 19.7 Å². The normalized spacial score (nSPS) is 17.6. The van der Waals surface area contributed by atoms with Gasteiger partial charge in [-0.2, -0.15) is 13.2 Å². The number of carbonyl (C=O) groups excluding carboxylic acids is 1. The van der Waals surface area contributed by atoms with Gasteiger partial charge in [-0.15, -0.1) is 0 Å². The topological polar surface area (TPSA) is 29.5 Å². The third kappa shape index (κ3) is 4.43. The highest BCUT2D eigenvalue weighted by molar-refractivity contribution is 14.1. The van der Waals surface area contributed by atoms with E-state index in [4.69, 9.17) is 0 Å². The van der Waals surface area contributed by atoms with Crippen molar-refractivity contribution in [2.24, 2.45) is 0 Å². The minimum Gasteiger partial charge on any atom is -0.483 e. The van der Waals surface area contributed by atoms with E-state index in [0.717, 1.165) is 4.90 Å². The van der Waals surface area contributed by atoms with Crippen molar-refractivity contribution in [1.29, 1.82) is 0 Å². The fourth-order valence-electron chi connectivity index (χ4n) is 2.00. The summed E-state index contributed by atoms with van der Waals surface area (Å²) in [6.07, 6.45) is -4.85. The van der Waals surface area contributed by atoms with E-state index < -0.39 is 31.2 Å². The molecule has 0 radical (unpaired) electrons. The van der Waals surface area contributed by atoms with E-state index in [0.29, 0.717) is 3.57 Å². The number of carbonyl (C=O) groups is 1. The minimum absolute atomic E-state index is 0.0128. The van der Waals surface area contributed by atoms with Gasteiger partial charge in [0.15, 0.2) is 6.61 Å². The molecule has 0 spiro atoms. The molecule has 1 aliphatic rings. The Bertz CT molecular complexity index is 576. The van der Waals surface area contributed by atoms with Gasteiger partial charge in [-0.3, -0.25) is 4.79 Å². The minimum atomic E-state index is -4.46. The summed E-state index contributed by atoms with van der Waals surface area (Å²) >= 11 is 1.73. The molecule has 9 heteroatoms. The van der Waals surface area contributed by atoms with Crippen molar-refractivity contribution in [3.05, 3.63) is 27.3 Å². The number of rotatable bonds is 3. The lowest BCUT2D eigenvalue weighted by molar-refractivity contribution is -0.153. The first kappa shape index (κ1) is 17.2. The van der Waals surface area contributed by atoms with Crippen LogP contribution in [0.2, 0.25) is 0 Å². The molecular formula is C13H11F5INO2. The van der Waals surface area contributed by atoms with Crippen LogP contribution in [0.5, 0.6) is 5.75 Å². The first-order chi connectivity index (χ1) is 10.1. The summed E-state index contributed by atoms with van der Waals surface area (Å²) in [6, 6.07) is 3.83. The summed E-state index contributed by atoms with van der Waals surface area (Å²) in [6.45, 7) is -2.13. The Balaban J connectivity index is 2.07. The van der Waals surface area contributed by atoms with Gasteiger partial charge in [-0.1, -0.05) is 0 Å². The number of likely N-dealkylation sites (tertiary alicyclic amines) is 1. The Morgan fingerprint density at radius 1 is 1.36 bits per heavy atom. The maximum Gasteiger partial charge on any atom is 0.422 e. The van der Waals surface area contributed by atoms with Gasteiger partial charge in [-0.05, 0) is 40.8 Å². The molecule has 0 atom stereocenters. The molecule has 1 amide bonds. The molecular weight excluding hydrogens is 424 g/mol. The summed E-state index contributed by atoms with van der Waals surface area (Å²) in [4.78, 5) is 13.1. The van der Waals surface area contributed by atoms with Gasteiger partial charge < -0.3 is 9.64 Å². The van der Waals surface area contributed by atoms with E-state index in [1.54, 1.807) is 22.6 Å². The van der Waals surface area contributed by atoms with Crippen molar-refractivity contribution in [1.82, 2.24) is 4.90 Å². The zero-order valence-electron chi connectivity index (χ0n) is 11.1. The molecule has 1 fully saturated rings. The summed E-state index contributed by atoms with van der Waals surface area (Å²) < 4.78 is 67.4. The Labute approximate surface area is 136 Å². The second kappa shape index (κ2) is 6.17. The Morgan fingerprint density at radius 3 is 2.55 bits per heavy atom. The van der Waals surface area contributed by atoms with Gasteiger partial charge in [0, 0.05) is 18.5 Å². The Kier molecular flexibility index (Phi) is 4.83. The molecule has 1 aromatic carbocycles. The van der Waals surface area contributed by atoms with E-state index in [9.17, 15) is 26.7 Å². The van der Waals surface area contributed by atoms with Crippen molar-refractivity contribution in [3.63, 3.8) is 0 Å². The first-order valence-corrected chi connectivity index (χ1v) is 7.31. The molecule has 1 aromatic rings. The van der Waals surface area contributed by atoms with Crippen LogP contribution in [0.4, 0.5) is 22.0 Å². The van der Waals surface area contributed by atoms with Crippen LogP contribution in [0.15, 0.2) is 18.2 Å². The fourth-order valence-corrected chi connectivity index (χ4v) is 2.67. The quantitative estimate of drug-likeness (QED) is 0.536. The fraction of sp³-hybridized carbons (Fsp3) is 0.462. The highest BCUT2D eigenvalue weighted by Crippen LogP contribution is 2.29. The number of ether oxygens (including phenoxy) is 1. The molecule has 3 nitrogen and oxygen atoms in total. The highest BCUT2D eigenvalue weighted by Gasteiger charge is 2.40. The lowest BCUT2D eigenvalue weighted by Crippen LogP contribution is -2.31. The van der Waals surface area contributed by atoms with Crippen LogP contribution in [-0.4, -0.2) is 42.6 Å². The van der Waals surface area contributed by atoms with Crippen LogP contribution < -0.4 is 4.74 Å². The number of benzene rings is 1. The number of amides is 1. The molecule has 0 unspecified atom stereocenters. The van der Waals surface area contributed by atoms with Gasteiger partial charge in [0.05, 0.1) is 10.1 Å². The SMILES string of the molecule is O=C(c1ccc(OCC(F)(F)F)c(I)c1)N1CCC(F)(F)C1. The zero-order valence-corrected chi connectivity index (χ0v) is 13.2. The number of nitrogens with zero attached hydrogens (tertiary/aromatic N) is 1. The predicted octanol–water partition coefficient (Wildman–Crippen LogP) is 3.71. The molecule has 22 heavy (non-hydrogen) atoms. The van der Waals surface area contributed by atoms with E-state index in [1.165, 1.54) is 18.2 Å². The average molecular weight is 435 g/mol. The molecule has 122 valence electrons. The average Bonchev–Trinajstić information content (AvgIpc) is 2.75. The predicted molar refractivity (Wildman–Crippen MR) is 76.2 cm³/mol. The van der Waals surface area contributed by atoms with E-state index in [1.807, 2.05) is 0 Å². The summed E-state index contributed by atoms with van der Waals surface area (Å²) in [5.74, 6) is -3.47. The molecule has 0 saturated carbocycles. The lowest BCUT2D eigenvalue weighted by atomic mass is 10.2. The molecule has 0 N–H and O–H groups in total. The van der Waals surface area contributed by atoms with E-state index in [2.05, 4.69) is 4.74 Å². The van der Waals surface area contributed by atoms with Gasteiger partial charge in [0.25, 0.3) is 11.8 Å². The molecule has 1 heterocycles. The maximum absolute atomic E-state index is 13.1. The Morgan fingerprint density at radius 2 is 2.05 bits per heavy atom. The van der Waals surface area contributed by atoms with Gasteiger partial charge in [-0.25, -0.2) is 8.78 Å². The van der Waals surface area contributed by atoms with Crippen molar-refractivity contribution < 1.29 is 31.5 Å². The largest absolute Gasteiger partial charge is 0.483 e. The van der Waals surface area contributed by atoms with Gasteiger partial charge in [0.1, 0.15) is 5.75 Å². The summed E-state index contributed by atoms with van der Waals surface area (Å²) in [5, 5.41) is 0. The third-order valence-electron chi connectivity index (χ3n) is 3.03. The summed E-state index contributed by atoms with van der Waals surface area (Å²) in [5.41, 5.74) is 0.140. The molecule has 0 aliphatic carbocycles. The maximum atomic E-state index is 13.1. The van der Waals surface area contributed by atoms with E-state index in [-0.39, 0.29) is 24.3 Å². The van der Waals surface area contributed by atoms with Crippen LogP contribution in [0, 0.1) is 3.57 Å². The zero-order chi connectivity index (χ0) is 16.5. The van der Waals surface area contributed by atoms with Crippen LogP contribution >= 0.6 is 22.6 Å². The number of halogens is 6. The number of hydrogen-bond donors (Lipinski definition) is 0. The molecule has 0 bridgehead atoms. The van der Waals surface area contributed by atoms with Gasteiger partial charge in [0.2, 0.25) is 0 Å². The second-order valence-corrected chi connectivity index (χ2v) is 6.04. The van der Waals surface area contributed by atoms with Crippen molar-refractivity contribution >= 4 is 28.5 Å². The molecule has 1 aliphatic heterocycles. The van der Waals surface area contributed by atoms with Crippen LogP contribution in [0.25, 0.3) is 0 Å². The van der Waals surface area contributed by atoms with Crippen molar-refractivity contribution in [2.45, 2.75) is 18.5 Å². The first-order valence-electron chi connectivity index (χ1n) is 6.24. The van der Waals surface area contributed by atoms with Crippen LogP contribution in [0.1, 0.15) is 16.8 Å².